The molecule has 0 bridgehead atoms. The lowest BCUT2D eigenvalue weighted by molar-refractivity contribution is 0.0901. The molecule has 2 rings (SSSR count). The summed E-state index contributed by atoms with van der Waals surface area (Å²) in [5.74, 6) is 0.777. The Balaban J connectivity index is 1.99. The molecule has 1 unspecified atom stereocenters. The lowest BCUT2D eigenvalue weighted by Gasteiger charge is -2.26. The Hall–Kier alpha value is -1.15. The van der Waals surface area contributed by atoms with Gasteiger partial charge in [0.05, 0.1) is 6.54 Å². The Morgan fingerprint density at radius 1 is 1.20 bits per heavy atom. The lowest BCUT2D eigenvalue weighted by atomic mass is 10.0. The molecule has 1 aliphatic rings. The number of carbonyl (C=O) groups excluding carboxylic acids is 1. The van der Waals surface area contributed by atoms with Crippen LogP contribution in [0.3, 0.4) is 0 Å². The minimum Gasteiger partial charge on any atom is -0.293 e. The van der Waals surface area contributed by atoms with Crippen LogP contribution >= 0.6 is 0 Å². The van der Waals surface area contributed by atoms with Crippen LogP contribution in [0.25, 0.3) is 0 Å². The van der Waals surface area contributed by atoms with Crippen LogP contribution in [0.4, 0.5) is 0 Å². The van der Waals surface area contributed by atoms with Crippen LogP contribution in [0.5, 0.6) is 0 Å². The highest BCUT2D eigenvalue weighted by molar-refractivity contribution is 5.97. The van der Waals surface area contributed by atoms with Crippen molar-refractivity contribution >= 4 is 5.78 Å². The highest BCUT2D eigenvalue weighted by Gasteiger charge is 2.20. The molecule has 0 saturated carbocycles. The van der Waals surface area contributed by atoms with E-state index in [1.807, 2.05) is 12.1 Å². The summed E-state index contributed by atoms with van der Waals surface area (Å²) in [5.41, 5.74) is 2.15. The zero-order valence-electron chi connectivity index (χ0n) is 13.1. The van der Waals surface area contributed by atoms with Crippen molar-refractivity contribution in [3.05, 3.63) is 35.4 Å². The zero-order valence-corrected chi connectivity index (χ0v) is 13.1. The van der Waals surface area contributed by atoms with E-state index in [0.29, 0.717) is 18.5 Å². The molecule has 1 aromatic rings. The van der Waals surface area contributed by atoms with Crippen molar-refractivity contribution < 1.29 is 4.79 Å². The molecule has 20 heavy (non-hydrogen) atoms. The molecule has 0 aromatic heterocycles. The van der Waals surface area contributed by atoms with Crippen LogP contribution in [-0.2, 0) is 0 Å². The van der Waals surface area contributed by atoms with Crippen molar-refractivity contribution in [2.24, 2.45) is 0 Å². The summed E-state index contributed by atoms with van der Waals surface area (Å²) < 4.78 is 0. The first-order chi connectivity index (χ1) is 9.58. The fraction of sp³-hybridized carbons (Fsp3) is 0.611. The van der Waals surface area contributed by atoms with Crippen molar-refractivity contribution in [2.75, 3.05) is 13.1 Å². The number of likely N-dealkylation sites (tertiary alicyclic amines) is 1. The van der Waals surface area contributed by atoms with E-state index in [-0.39, 0.29) is 5.78 Å². The second kappa shape index (κ2) is 7.03. The molecule has 1 aromatic carbocycles. The Labute approximate surface area is 123 Å². The van der Waals surface area contributed by atoms with Crippen LogP contribution in [0, 0.1) is 0 Å². The topological polar surface area (TPSA) is 20.3 Å². The second-order valence-corrected chi connectivity index (χ2v) is 6.37. The van der Waals surface area contributed by atoms with E-state index in [1.54, 1.807) is 0 Å². The average Bonchev–Trinajstić information content (AvgIpc) is 2.64. The standard InChI is InChI=1S/C18H27NO/c1-14(2)16-8-10-17(11-9-16)18(20)13-19-12-6-4-5-7-15(19)3/h8-11,14-15H,4-7,12-13H2,1-3H3. The van der Waals surface area contributed by atoms with Gasteiger partial charge in [-0.25, -0.2) is 0 Å². The number of ketones is 1. The first kappa shape index (κ1) is 15.2. The Morgan fingerprint density at radius 3 is 2.55 bits per heavy atom. The number of carbonyl (C=O) groups is 1. The van der Waals surface area contributed by atoms with Gasteiger partial charge in [0.2, 0.25) is 0 Å². The normalized spacial score (nSPS) is 20.9. The summed E-state index contributed by atoms with van der Waals surface area (Å²) >= 11 is 0. The average molecular weight is 273 g/mol. The minimum atomic E-state index is 0.258. The third-order valence-corrected chi connectivity index (χ3v) is 4.44. The van der Waals surface area contributed by atoms with Gasteiger partial charge in [-0.1, -0.05) is 51.0 Å². The zero-order chi connectivity index (χ0) is 14.5. The molecular formula is C18H27NO. The molecule has 1 saturated heterocycles. The van der Waals surface area contributed by atoms with Crippen LogP contribution in [-0.4, -0.2) is 29.8 Å². The molecule has 1 atom stereocenters. The minimum absolute atomic E-state index is 0.258. The van der Waals surface area contributed by atoms with Gasteiger partial charge in [-0.05, 0) is 37.8 Å². The summed E-state index contributed by atoms with van der Waals surface area (Å²) in [6.45, 7) is 8.24. The van der Waals surface area contributed by atoms with Gasteiger partial charge in [0.1, 0.15) is 0 Å². The maximum Gasteiger partial charge on any atom is 0.176 e. The van der Waals surface area contributed by atoms with E-state index in [2.05, 4.69) is 37.8 Å². The SMILES string of the molecule is CC(C)c1ccc(C(=O)CN2CCCCCC2C)cc1. The van der Waals surface area contributed by atoms with Gasteiger partial charge in [-0.15, -0.1) is 0 Å². The lowest BCUT2D eigenvalue weighted by Crippen LogP contribution is -2.37. The Bertz CT molecular complexity index is 435. The summed E-state index contributed by atoms with van der Waals surface area (Å²) in [7, 11) is 0. The van der Waals surface area contributed by atoms with Gasteiger partial charge in [-0.3, -0.25) is 9.69 Å². The first-order valence-corrected chi connectivity index (χ1v) is 7.95. The number of hydrogen-bond acceptors (Lipinski definition) is 2. The molecular weight excluding hydrogens is 246 g/mol. The molecule has 2 nitrogen and oxygen atoms in total. The van der Waals surface area contributed by atoms with Crippen LogP contribution in [0.2, 0.25) is 0 Å². The number of benzene rings is 1. The number of nitrogens with zero attached hydrogens (tertiary/aromatic N) is 1. The van der Waals surface area contributed by atoms with Crippen molar-refractivity contribution in [1.29, 1.82) is 0 Å². The maximum absolute atomic E-state index is 12.4. The summed E-state index contributed by atoms with van der Waals surface area (Å²) in [5, 5.41) is 0. The fourth-order valence-corrected chi connectivity index (χ4v) is 2.90. The largest absolute Gasteiger partial charge is 0.293 e. The number of Topliss-reactive ketones (excluding diaryl/α,β-unsaturated/α-hetero) is 1. The Morgan fingerprint density at radius 2 is 1.90 bits per heavy atom. The van der Waals surface area contributed by atoms with Gasteiger partial charge < -0.3 is 0 Å². The third-order valence-electron chi connectivity index (χ3n) is 4.44. The fourth-order valence-electron chi connectivity index (χ4n) is 2.90. The van der Waals surface area contributed by atoms with Crippen molar-refractivity contribution in [1.82, 2.24) is 4.90 Å². The summed E-state index contributed by atoms with van der Waals surface area (Å²) in [6.07, 6.45) is 5.05. The molecule has 110 valence electrons. The molecule has 1 heterocycles. The molecule has 0 radical (unpaired) electrons. The molecule has 0 spiro atoms. The van der Waals surface area contributed by atoms with Gasteiger partial charge in [-0.2, -0.15) is 0 Å². The molecule has 0 aliphatic carbocycles. The van der Waals surface area contributed by atoms with Gasteiger partial charge >= 0.3 is 0 Å². The second-order valence-electron chi connectivity index (χ2n) is 6.37. The van der Waals surface area contributed by atoms with Crippen LogP contribution in [0.15, 0.2) is 24.3 Å². The Kier molecular flexibility index (Phi) is 5.36. The summed E-state index contributed by atoms with van der Waals surface area (Å²) in [4.78, 5) is 14.8. The number of rotatable bonds is 4. The van der Waals surface area contributed by atoms with E-state index < -0.39 is 0 Å². The van der Waals surface area contributed by atoms with E-state index in [9.17, 15) is 4.79 Å². The monoisotopic (exact) mass is 273 g/mol. The third kappa shape index (κ3) is 3.92. The molecule has 0 amide bonds. The van der Waals surface area contributed by atoms with Gasteiger partial charge in [0.15, 0.2) is 5.78 Å². The first-order valence-electron chi connectivity index (χ1n) is 7.95. The van der Waals surface area contributed by atoms with E-state index in [4.69, 9.17) is 0 Å². The van der Waals surface area contributed by atoms with Crippen molar-refractivity contribution in [3.8, 4) is 0 Å². The van der Waals surface area contributed by atoms with Gasteiger partial charge in [0.25, 0.3) is 0 Å². The van der Waals surface area contributed by atoms with Crippen molar-refractivity contribution in [2.45, 2.75) is 58.4 Å². The highest BCUT2D eigenvalue weighted by atomic mass is 16.1. The van der Waals surface area contributed by atoms with Gasteiger partial charge in [0, 0.05) is 11.6 Å². The van der Waals surface area contributed by atoms with E-state index >= 15 is 0 Å². The van der Waals surface area contributed by atoms with Crippen molar-refractivity contribution in [3.63, 3.8) is 0 Å². The number of hydrogen-bond donors (Lipinski definition) is 0. The van der Waals surface area contributed by atoms with E-state index in [1.165, 1.54) is 31.2 Å². The molecule has 2 heteroatoms. The molecule has 0 N–H and O–H groups in total. The molecule has 1 fully saturated rings. The smallest absolute Gasteiger partial charge is 0.176 e. The quantitative estimate of drug-likeness (QED) is 0.764. The maximum atomic E-state index is 12.4. The summed E-state index contributed by atoms with van der Waals surface area (Å²) in [6, 6.07) is 8.68. The predicted molar refractivity (Wildman–Crippen MR) is 84.4 cm³/mol. The highest BCUT2D eigenvalue weighted by Crippen LogP contribution is 2.18. The van der Waals surface area contributed by atoms with Crippen LogP contribution < -0.4 is 0 Å². The van der Waals surface area contributed by atoms with E-state index in [0.717, 1.165) is 12.1 Å². The molecule has 1 aliphatic heterocycles. The van der Waals surface area contributed by atoms with Crippen LogP contribution in [0.1, 0.15) is 68.3 Å². The predicted octanol–water partition coefficient (Wildman–Crippen LogP) is 4.26.